The Morgan fingerprint density at radius 2 is 1.83 bits per heavy atom. The molecular formula is C17H12I2N2O3. The fourth-order valence-electron chi connectivity index (χ4n) is 2.40. The van der Waals surface area contributed by atoms with Crippen molar-refractivity contribution >= 4 is 62.6 Å². The number of halogens is 2. The second-order valence-electron chi connectivity index (χ2n) is 5.19. The van der Waals surface area contributed by atoms with Crippen LogP contribution in [0.1, 0.15) is 21.5 Å². The van der Waals surface area contributed by atoms with E-state index in [2.05, 4.69) is 55.8 Å². The predicted molar refractivity (Wildman–Crippen MR) is 107 cm³/mol. The Bertz CT molecular complexity index is 878. The molecule has 0 unspecified atom stereocenters. The van der Waals surface area contributed by atoms with Gasteiger partial charge in [0.2, 0.25) is 0 Å². The minimum atomic E-state index is -0.424. The van der Waals surface area contributed by atoms with Crippen molar-refractivity contribution in [1.29, 1.82) is 0 Å². The number of carbonyl (C=O) groups is 2. The third-order valence-electron chi connectivity index (χ3n) is 3.56. The summed E-state index contributed by atoms with van der Waals surface area (Å²) in [6.45, 7) is 0.455. The number of hydrogen-bond acceptors (Lipinski definition) is 4. The summed E-state index contributed by atoms with van der Waals surface area (Å²) in [4.78, 5) is 24.1. The first-order chi connectivity index (χ1) is 11.5. The molecule has 0 spiro atoms. The smallest absolute Gasteiger partial charge is 0.260 e. The first kappa shape index (κ1) is 17.2. The maximum Gasteiger partial charge on any atom is 0.260 e. The van der Waals surface area contributed by atoms with Gasteiger partial charge in [0.25, 0.3) is 11.8 Å². The van der Waals surface area contributed by atoms with Gasteiger partial charge in [0, 0.05) is 31.0 Å². The zero-order chi connectivity index (χ0) is 17.3. The molecule has 24 heavy (non-hydrogen) atoms. The molecule has 0 atom stereocenters. The maximum atomic E-state index is 12.2. The van der Waals surface area contributed by atoms with E-state index in [9.17, 15) is 14.7 Å². The lowest BCUT2D eigenvalue weighted by molar-refractivity contribution is -0.114. The summed E-state index contributed by atoms with van der Waals surface area (Å²) >= 11 is 4.33. The predicted octanol–water partition coefficient (Wildman–Crippen LogP) is 3.00. The summed E-state index contributed by atoms with van der Waals surface area (Å²) in [5.74, 6) is -0.612. The molecule has 0 saturated carbocycles. The molecule has 0 aromatic heterocycles. The molecule has 0 saturated heterocycles. The van der Waals surface area contributed by atoms with Crippen molar-refractivity contribution in [2.45, 2.75) is 6.54 Å². The van der Waals surface area contributed by atoms with Crippen molar-refractivity contribution < 1.29 is 14.7 Å². The SMILES string of the molecule is O=C1NC(=O)c2ccc(I)cc2/C1=C\NCc1cc(O)ccc1I. The van der Waals surface area contributed by atoms with Gasteiger partial charge in [-0.2, -0.15) is 0 Å². The number of rotatable bonds is 3. The normalized spacial score (nSPS) is 15.2. The zero-order valence-corrected chi connectivity index (χ0v) is 16.6. The van der Waals surface area contributed by atoms with Crippen LogP contribution in [-0.4, -0.2) is 16.9 Å². The highest BCUT2D eigenvalue weighted by Crippen LogP contribution is 2.25. The molecule has 0 radical (unpaired) electrons. The van der Waals surface area contributed by atoms with Crippen LogP contribution >= 0.6 is 45.2 Å². The molecule has 5 nitrogen and oxygen atoms in total. The fourth-order valence-corrected chi connectivity index (χ4v) is 3.42. The van der Waals surface area contributed by atoms with E-state index in [0.717, 1.165) is 12.7 Å². The molecule has 3 N–H and O–H groups in total. The molecule has 1 aliphatic heterocycles. The van der Waals surface area contributed by atoms with Crippen LogP contribution < -0.4 is 10.6 Å². The zero-order valence-electron chi connectivity index (χ0n) is 12.3. The van der Waals surface area contributed by atoms with Crippen LogP contribution in [0.5, 0.6) is 5.75 Å². The van der Waals surface area contributed by atoms with Gasteiger partial charge in [-0.05, 0) is 87.1 Å². The van der Waals surface area contributed by atoms with E-state index in [-0.39, 0.29) is 11.7 Å². The largest absolute Gasteiger partial charge is 0.508 e. The minimum Gasteiger partial charge on any atom is -0.508 e. The molecule has 2 amide bonds. The first-order valence-corrected chi connectivity index (χ1v) is 9.18. The molecule has 122 valence electrons. The van der Waals surface area contributed by atoms with Crippen LogP contribution in [0.3, 0.4) is 0 Å². The number of imide groups is 1. The summed E-state index contributed by atoms with van der Waals surface area (Å²) in [7, 11) is 0. The van der Waals surface area contributed by atoms with E-state index in [1.54, 1.807) is 24.4 Å². The monoisotopic (exact) mass is 546 g/mol. The highest BCUT2D eigenvalue weighted by Gasteiger charge is 2.27. The summed E-state index contributed by atoms with van der Waals surface area (Å²) < 4.78 is 1.96. The molecule has 2 aromatic carbocycles. The van der Waals surface area contributed by atoms with Crippen LogP contribution in [0, 0.1) is 7.14 Å². The Balaban J connectivity index is 1.88. The first-order valence-electron chi connectivity index (χ1n) is 7.02. The van der Waals surface area contributed by atoms with Gasteiger partial charge in [0.1, 0.15) is 5.75 Å². The van der Waals surface area contributed by atoms with Crippen molar-refractivity contribution in [3.8, 4) is 5.75 Å². The lowest BCUT2D eigenvalue weighted by Gasteiger charge is -2.18. The number of nitrogens with one attached hydrogen (secondary N) is 2. The van der Waals surface area contributed by atoms with Gasteiger partial charge in [-0.1, -0.05) is 0 Å². The van der Waals surface area contributed by atoms with E-state index in [1.807, 2.05) is 18.2 Å². The summed E-state index contributed by atoms with van der Waals surface area (Å²) in [6.07, 6.45) is 1.61. The molecule has 2 aromatic rings. The number of fused-ring (bicyclic) bond motifs is 1. The van der Waals surface area contributed by atoms with Crippen molar-refractivity contribution in [3.63, 3.8) is 0 Å². The van der Waals surface area contributed by atoms with Gasteiger partial charge in [0.15, 0.2) is 0 Å². The van der Waals surface area contributed by atoms with Gasteiger partial charge < -0.3 is 10.4 Å². The van der Waals surface area contributed by atoms with E-state index in [4.69, 9.17) is 0 Å². The second kappa shape index (κ2) is 7.09. The number of carbonyl (C=O) groups excluding carboxylic acids is 2. The Hall–Kier alpha value is -1.62. The van der Waals surface area contributed by atoms with E-state index in [0.29, 0.717) is 23.2 Å². The standard InChI is InChI=1S/C17H12I2N2O3/c18-10-1-3-12-13(6-10)14(17(24)21-16(12)23)8-20-7-9-5-11(22)2-4-15(9)19/h1-6,8,20,22H,7H2,(H,21,23,24)/b14-8+. The molecule has 3 rings (SSSR count). The lowest BCUT2D eigenvalue weighted by atomic mass is 9.95. The van der Waals surface area contributed by atoms with Crippen molar-refractivity contribution in [3.05, 3.63) is 66.4 Å². The number of aromatic hydroxyl groups is 1. The summed E-state index contributed by atoms with van der Waals surface area (Å²) in [5.41, 5.74) is 2.43. The molecular weight excluding hydrogens is 534 g/mol. The molecule has 0 aliphatic carbocycles. The van der Waals surface area contributed by atoms with Gasteiger partial charge in [-0.15, -0.1) is 0 Å². The average Bonchev–Trinajstić information content (AvgIpc) is 2.53. The number of amides is 2. The molecule has 0 fully saturated rings. The van der Waals surface area contributed by atoms with E-state index < -0.39 is 5.91 Å². The number of hydrogen-bond donors (Lipinski definition) is 3. The minimum absolute atomic E-state index is 0.195. The Labute approximate surface area is 165 Å². The molecule has 1 aliphatic rings. The average molecular weight is 546 g/mol. The molecule has 7 heteroatoms. The Morgan fingerprint density at radius 3 is 2.62 bits per heavy atom. The maximum absolute atomic E-state index is 12.2. The van der Waals surface area contributed by atoms with Crippen LogP contribution in [0.25, 0.3) is 5.57 Å². The summed E-state index contributed by atoms with van der Waals surface area (Å²) in [5, 5.41) is 15.0. The topological polar surface area (TPSA) is 78.4 Å². The number of phenolic OH excluding ortho intramolecular Hbond substituents is 1. The Kier molecular flexibility index (Phi) is 5.09. The Morgan fingerprint density at radius 1 is 1.04 bits per heavy atom. The van der Waals surface area contributed by atoms with E-state index >= 15 is 0 Å². The highest BCUT2D eigenvalue weighted by atomic mass is 127. The third-order valence-corrected chi connectivity index (χ3v) is 5.28. The quantitative estimate of drug-likeness (QED) is 0.315. The molecule has 0 bridgehead atoms. The second-order valence-corrected chi connectivity index (χ2v) is 7.60. The lowest BCUT2D eigenvalue weighted by Crippen LogP contribution is -2.37. The van der Waals surface area contributed by atoms with Crippen molar-refractivity contribution in [1.82, 2.24) is 10.6 Å². The summed E-state index contributed by atoms with van der Waals surface area (Å²) in [6, 6.07) is 10.5. The van der Waals surface area contributed by atoms with Gasteiger partial charge >= 0.3 is 0 Å². The third kappa shape index (κ3) is 3.56. The number of phenols is 1. The van der Waals surface area contributed by atoms with Gasteiger partial charge in [-0.3, -0.25) is 14.9 Å². The highest BCUT2D eigenvalue weighted by molar-refractivity contribution is 14.1. The molecule has 1 heterocycles. The van der Waals surface area contributed by atoms with Crippen LogP contribution in [0.4, 0.5) is 0 Å². The van der Waals surface area contributed by atoms with Gasteiger partial charge in [-0.25, -0.2) is 0 Å². The van der Waals surface area contributed by atoms with Crippen LogP contribution in [0.2, 0.25) is 0 Å². The van der Waals surface area contributed by atoms with E-state index in [1.165, 1.54) is 0 Å². The van der Waals surface area contributed by atoms with Crippen molar-refractivity contribution in [2.75, 3.05) is 0 Å². The van der Waals surface area contributed by atoms with Gasteiger partial charge in [0.05, 0.1) is 5.57 Å². The number of benzene rings is 2. The van der Waals surface area contributed by atoms with Crippen LogP contribution in [-0.2, 0) is 11.3 Å². The van der Waals surface area contributed by atoms with Crippen LogP contribution in [0.15, 0.2) is 42.6 Å². The fraction of sp³-hybridized carbons (Fsp3) is 0.0588. The van der Waals surface area contributed by atoms with Crippen molar-refractivity contribution in [2.24, 2.45) is 0 Å².